The van der Waals surface area contributed by atoms with E-state index in [0.29, 0.717) is 11.6 Å². The summed E-state index contributed by atoms with van der Waals surface area (Å²) < 4.78 is 6.97. The van der Waals surface area contributed by atoms with Crippen molar-refractivity contribution in [2.75, 3.05) is 18.7 Å². The first-order valence-corrected chi connectivity index (χ1v) is 8.83. The topological polar surface area (TPSA) is 69.0 Å². The predicted octanol–water partition coefficient (Wildman–Crippen LogP) is 2.94. The number of fused-ring (bicyclic) bond motifs is 1. The number of anilines is 1. The molecule has 0 spiro atoms. The second kappa shape index (κ2) is 7.35. The SMILES string of the molecule is COc1ccc(NC(=O)Cn2c(CSC)nc3ccccc32)cn1. The Labute approximate surface area is 144 Å². The third kappa shape index (κ3) is 3.51. The quantitative estimate of drug-likeness (QED) is 0.746. The number of imidazole rings is 1. The van der Waals surface area contributed by atoms with Gasteiger partial charge >= 0.3 is 0 Å². The Kier molecular flexibility index (Phi) is 5.00. The maximum absolute atomic E-state index is 12.4. The number of carbonyl (C=O) groups excluding carboxylic acids is 1. The van der Waals surface area contributed by atoms with Crippen LogP contribution in [0.25, 0.3) is 11.0 Å². The van der Waals surface area contributed by atoms with Crippen molar-refractivity contribution in [2.24, 2.45) is 0 Å². The molecule has 3 rings (SSSR count). The molecular formula is C17H18N4O2S. The Hall–Kier alpha value is -2.54. The van der Waals surface area contributed by atoms with Crippen LogP contribution in [0.3, 0.4) is 0 Å². The number of ether oxygens (including phenoxy) is 1. The van der Waals surface area contributed by atoms with Gasteiger partial charge in [0.05, 0.1) is 35.8 Å². The van der Waals surface area contributed by atoms with Crippen LogP contribution in [0.2, 0.25) is 0 Å². The number of hydrogen-bond acceptors (Lipinski definition) is 5. The van der Waals surface area contributed by atoms with Gasteiger partial charge in [-0.2, -0.15) is 11.8 Å². The van der Waals surface area contributed by atoms with E-state index in [-0.39, 0.29) is 12.5 Å². The fourth-order valence-corrected chi connectivity index (χ4v) is 2.94. The van der Waals surface area contributed by atoms with Crippen molar-refractivity contribution in [1.82, 2.24) is 14.5 Å². The van der Waals surface area contributed by atoms with Crippen molar-refractivity contribution in [1.29, 1.82) is 0 Å². The summed E-state index contributed by atoms with van der Waals surface area (Å²) in [6.45, 7) is 0.211. The van der Waals surface area contributed by atoms with Crippen LogP contribution in [0.4, 0.5) is 5.69 Å². The number of aromatic nitrogens is 3. The van der Waals surface area contributed by atoms with E-state index in [1.807, 2.05) is 35.1 Å². The van der Waals surface area contributed by atoms with E-state index in [9.17, 15) is 4.79 Å². The van der Waals surface area contributed by atoms with Crippen LogP contribution in [0.5, 0.6) is 5.88 Å². The number of nitrogens with zero attached hydrogens (tertiary/aromatic N) is 3. The molecule has 0 aliphatic rings. The number of para-hydroxylation sites is 2. The molecule has 2 aromatic heterocycles. The van der Waals surface area contributed by atoms with Crippen molar-refractivity contribution < 1.29 is 9.53 Å². The number of benzene rings is 1. The van der Waals surface area contributed by atoms with Gasteiger partial charge in [0.2, 0.25) is 11.8 Å². The van der Waals surface area contributed by atoms with Gasteiger partial charge < -0.3 is 14.6 Å². The molecule has 7 heteroatoms. The maximum Gasteiger partial charge on any atom is 0.244 e. The molecule has 0 unspecified atom stereocenters. The molecule has 0 aliphatic carbocycles. The van der Waals surface area contributed by atoms with Gasteiger partial charge in [-0.15, -0.1) is 0 Å². The highest BCUT2D eigenvalue weighted by molar-refractivity contribution is 7.97. The summed E-state index contributed by atoms with van der Waals surface area (Å²) in [5.74, 6) is 2.04. The van der Waals surface area contributed by atoms with Gasteiger partial charge in [0.1, 0.15) is 12.4 Å². The largest absolute Gasteiger partial charge is 0.481 e. The van der Waals surface area contributed by atoms with E-state index in [1.54, 1.807) is 37.2 Å². The Balaban J connectivity index is 1.80. The molecule has 1 aromatic carbocycles. The molecule has 0 fully saturated rings. The first kappa shape index (κ1) is 16.3. The second-order valence-corrected chi connectivity index (χ2v) is 6.04. The zero-order valence-electron chi connectivity index (χ0n) is 13.5. The molecule has 2 heterocycles. The van der Waals surface area contributed by atoms with Gasteiger partial charge in [-0.25, -0.2) is 9.97 Å². The fourth-order valence-electron chi connectivity index (χ4n) is 2.46. The van der Waals surface area contributed by atoms with Crippen LogP contribution < -0.4 is 10.1 Å². The lowest BCUT2D eigenvalue weighted by Gasteiger charge is -2.09. The molecule has 1 amide bonds. The number of rotatable bonds is 6. The number of amides is 1. The highest BCUT2D eigenvalue weighted by Gasteiger charge is 2.13. The van der Waals surface area contributed by atoms with Gasteiger partial charge in [0, 0.05) is 6.07 Å². The number of hydrogen-bond donors (Lipinski definition) is 1. The minimum Gasteiger partial charge on any atom is -0.481 e. The van der Waals surface area contributed by atoms with Crippen molar-refractivity contribution in [3.8, 4) is 5.88 Å². The third-order valence-electron chi connectivity index (χ3n) is 3.54. The molecule has 1 N–H and O–H groups in total. The van der Waals surface area contributed by atoms with Crippen molar-refractivity contribution in [3.05, 3.63) is 48.4 Å². The molecule has 0 saturated carbocycles. The van der Waals surface area contributed by atoms with E-state index in [0.717, 1.165) is 22.6 Å². The highest BCUT2D eigenvalue weighted by Crippen LogP contribution is 2.19. The minimum absolute atomic E-state index is 0.118. The molecule has 3 aromatic rings. The van der Waals surface area contributed by atoms with Gasteiger partial charge in [0.15, 0.2) is 0 Å². The Morgan fingerprint density at radius 3 is 2.83 bits per heavy atom. The number of carbonyl (C=O) groups is 1. The van der Waals surface area contributed by atoms with Crippen molar-refractivity contribution in [3.63, 3.8) is 0 Å². The van der Waals surface area contributed by atoms with E-state index in [4.69, 9.17) is 4.74 Å². The van der Waals surface area contributed by atoms with E-state index in [2.05, 4.69) is 15.3 Å². The van der Waals surface area contributed by atoms with E-state index >= 15 is 0 Å². The fraction of sp³-hybridized carbons (Fsp3) is 0.235. The summed E-state index contributed by atoms with van der Waals surface area (Å²) in [6.07, 6.45) is 3.60. The van der Waals surface area contributed by atoms with Gasteiger partial charge in [-0.3, -0.25) is 4.79 Å². The van der Waals surface area contributed by atoms with Crippen molar-refractivity contribution in [2.45, 2.75) is 12.3 Å². The van der Waals surface area contributed by atoms with Crippen LogP contribution in [-0.4, -0.2) is 33.8 Å². The molecular weight excluding hydrogens is 324 g/mol. The third-order valence-corrected chi connectivity index (χ3v) is 4.08. The summed E-state index contributed by atoms with van der Waals surface area (Å²) in [7, 11) is 1.55. The Morgan fingerprint density at radius 2 is 2.12 bits per heavy atom. The first-order valence-electron chi connectivity index (χ1n) is 7.44. The number of thioether (sulfide) groups is 1. The second-order valence-electron chi connectivity index (χ2n) is 5.17. The van der Waals surface area contributed by atoms with Crippen molar-refractivity contribution >= 4 is 34.4 Å². The van der Waals surface area contributed by atoms with E-state index < -0.39 is 0 Å². The summed E-state index contributed by atoms with van der Waals surface area (Å²) in [5.41, 5.74) is 2.50. The van der Waals surface area contributed by atoms with Gasteiger partial charge in [-0.1, -0.05) is 12.1 Å². The van der Waals surface area contributed by atoms with Crippen LogP contribution in [0.15, 0.2) is 42.6 Å². The highest BCUT2D eigenvalue weighted by atomic mass is 32.2. The smallest absolute Gasteiger partial charge is 0.244 e. The molecule has 6 nitrogen and oxygen atoms in total. The summed E-state index contributed by atoms with van der Waals surface area (Å²) in [5, 5.41) is 2.85. The number of pyridine rings is 1. The Morgan fingerprint density at radius 1 is 1.29 bits per heavy atom. The molecule has 24 heavy (non-hydrogen) atoms. The lowest BCUT2D eigenvalue weighted by Crippen LogP contribution is -2.20. The van der Waals surface area contributed by atoms with Crippen LogP contribution in [0.1, 0.15) is 5.82 Å². The van der Waals surface area contributed by atoms with Gasteiger partial charge in [0.25, 0.3) is 0 Å². The molecule has 124 valence electrons. The van der Waals surface area contributed by atoms with E-state index in [1.165, 1.54) is 0 Å². The van der Waals surface area contributed by atoms with Crippen LogP contribution >= 0.6 is 11.8 Å². The molecule has 0 bridgehead atoms. The summed E-state index contributed by atoms with van der Waals surface area (Å²) in [6, 6.07) is 11.3. The molecule has 0 saturated heterocycles. The van der Waals surface area contributed by atoms with Crippen LogP contribution in [0, 0.1) is 0 Å². The zero-order chi connectivity index (χ0) is 16.9. The zero-order valence-corrected chi connectivity index (χ0v) is 14.3. The minimum atomic E-state index is -0.118. The molecule has 0 aliphatic heterocycles. The maximum atomic E-state index is 12.4. The number of nitrogens with one attached hydrogen (secondary N) is 1. The summed E-state index contributed by atoms with van der Waals surface area (Å²) in [4.78, 5) is 21.1. The summed E-state index contributed by atoms with van der Waals surface area (Å²) >= 11 is 1.68. The van der Waals surface area contributed by atoms with Gasteiger partial charge in [-0.05, 0) is 24.5 Å². The average molecular weight is 342 g/mol. The standard InChI is InChI=1S/C17H18N4O2S/c1-23-17-8-7-12(9-18-17)19-16(22)10-21-14-6-4-3-5-13(14)20-15(21)11-24-2/h3-9H,10-11H2,1-2H3,(H,19,22). The first-order chi connectivity index (χ1) is 11.7. The monoisotopic (exact) mass is 342 g/mol. The molecule has 0 radical (unpaired) electrons. The predicted molar refractivity (Wildman–Crippen MR) is 96.4 cm³/mol. The molecule has 0 atom stereocenters. The lowest BCUT2D eigenvalue weighted by atomic mass is 10.3. The normalized spacial score (nSPS) is 10.8. The average Bonchev–Trinajstić information content (AvgIpc) is 2.93. The lowest BCUT2D eigenvalue weighted by molar-refractivity contribution is -0.116. The van der Waals surface area contributed by atoms with Crippen LogP contribution in [-0.2, 0) is 17.1 Å². The number of methoxy groups -OCH3 is 1. The Bertz CT molecular complexity index is 845.